The van der Waals surface area contributed by atoms with Crippen LogP contribution >= 0.6 is 0 Å². The van der Waals surface area contributed by atoms with Crippen molar-refractivity contribution in [1.82, 2.24) is 15.2 Å². The molecule has 96 valence electrons. The minimum absolute atomic E-state index is 0.0537. The first-order chi connectivity index (χ1) is 7.89. The highest BCUT2D eigenvalue weighted by Gasteiger charge is 2.21. The van der Waals surface area contributed by atoms with E-state index in [9.17, 15) is 0 Å². The summed E-state index contributed by atoms with van der Waals surface area (Å²) in [6, 6.07) is 0. The fourth-order valence-electron chi connectivity index (χ4n) is 1.48. The van der Waals surface area contributed by atoms with E-state index in [0.29, 0.717) is 12.5 Å². The van der Waals surface area contributed by atoms with Gasteiger partial charge in [-0.3, -0.25) is 0 Å². The highest BCUT2D eigenvalue weighted by Crippen LogP contribution is 2.18. The number of nitrogens with zero attached hydrogens (tertiary/aromatic N) is 4. The molecule has 0 spiro atoms. The molecular weight excluding hydrogens is 214 g/mol. The van der Waals surface area contributed by atoms with E-state index in [0.717, 1.165) is 24.5 Å². The standard InChI is InChI=1S/C12H23N5/c1-6-17(8-12(4,5)7-13)11-14-9(2)10(3)15-16-11/h6-8,13H2,1-5H3. The molecule has 5 heteroatoms. The van der Waals surface area contributed by atoms with Crippen LogP contribution in [0, 0.1) is 19.3 Å². The van der Waals surface area contributed by atoms with Crippen molar-refractivity contribution in [3.05, 3.63) is 11.4 Å². The summed E-state index contributed by atoms with van der Waals surface area (Å²) in [5.74, 6) is 0.692. The normalized spacial score (nSPS) is 11.6. The lowest BCUT2D eigenvalue weighted by Gasteiger charge is -2.30. The van der Waals surface area contributed by atoms with Gasteiger partial charge < -0.3 is 10.6 Å². The Labute approximate surface area is 103 Å². The fraction of sp³-hybridized carbons (Fsp3) is 0.750. The van der Waals surface area contributed by atoms with Crippen LogP contribution in [0.1, 0.15) is 32.2 Å². The third-order valence-corrected chi connectivity index (χ3v) is 2.92. The Morgan fingerprint density at radius 3 is 2.29 bits per heavy atom. The second-order valence-electron chi connectivity index (χ2n) is 5.17. The van der Waals surface area contributed by atoms with Crippen molar-refractivity contribution < 1.29 is 0 Å². The summed E-state index contributed by atoms with van der Waals surface area (Å²) < 4.78 is 0. The van der Waals surface area contributed by atoms with Crippen LogP contribution in [0.3, 0.4) is 0 Å². The predicted molar refractivity (Wildman–Crippen MR) is 70.0 cm³/mol. The van der Waals surface area contributed by atoms with Crippen molar-refractivity contribution in [3.8, 4) is 0 Å². The van der Waals surface area contributed by atoms with Gasteiger partial charge >= 0.3 is 0 Å². The Balaban J connectivity index is 2.90. The number of anilines is 1. The Morgan fingerprint density at radius 1 is 1.18 bits per heavy atom. The zero-order valence-corrected chi connectivity index (χ0v) is 11.5. The molecule has 0 unspecified atom stereocenters. The molecule has 1 rings (SSSR count). The summed E-state index contributed by atoms with van der Waals surface area (Å²) in [6.45, 7) is 12.6. The van der Waals surface area contributed by atoms with Crippen molar-refractivity contribution in [2.45, 2.75) is 34.6 Å². The highest BCUT2D eigenvalue weighted by atomic mass is 15.3. The number of nitrogens with two attached hydrogens (primary N) is 1. The van der Waals surface area contributed by atoms with Gasteiger partial charge in [-0.1, -0.05) is 13.8 Å². The first-order valence-corrected chi connectivity index (χ1v) is 6.02. The number of aromatic nitrogens is 3. The van der Waals surface area contributed by atoms with E-state index in [2.05, 4.69) is 40.9 Å². The van der Waals surface area contributed by atoms with Gasteiger partial charge in [0.25, 0.3) is 0 Å². The highest BCUT2D eigenvalue weighted by molar-refractivity contribution is 5.30. The molecule has 0 aliphatic heterocycles. The van der Waals surface area contributed by atoms with Gasteiger partial charge in [0.05, 0.1) is 11.4 Å². The van der Waals surface area contributed by atoms with E-state index in [4.69, 9.17) is 5.73 Å². The molecule has 0 aromatic carbocycles. The zero-order valence-electron chi connectivity index (χ0n) is 11.5. The maximum atomic E-state index is 5.76. The maximum absolute atomic E-state index is 5.76. The molecule has 0 amide bonds. The lowest BCUT2D eigenvalue weighted by atomic mass is 9.93. The SMILES string of the molecule is CCN(CC(C)(C)CN)c1nnc(C)c(C)n1. The predicted octanol–water partition coefficient (Wildman–Crippen LogP) is 1.30. The third kappa shape index (κ3) is 3.63. The second-order valence-corrected chi connectivity index (χ2v) is 5.17. The van der Waals surface area contributed by atoms with Crippen molar-refractivity contribution in [1.29, 1.82) is 0 Å². The molecular formula is C12H23N5. The number of aryl methyl sites for hydroxylation is 2. The van der Waals surface area contributed by atoms with Gasteiger partial charge in [-0.2, -0.15) is 5.10 Å². The molecule has 1 heterocycles. The van der Waals surface area contributed by atoms with E-state index < -0.39 is 0 Å². The molecule has 5 nitrogen and oxygen atoms in total. The van der Waals surface area contributed by atoms with Crippen LogP contribution in [0.4, 0.5) is 5.95 Å². The van der Waals surface area contributed by atoms with E-state index in [1.54, 1.807) is 0 Å². The minimum Gasteiger partial charge on any atom is -0.339 e. The molecule has 0 aliphatic carbocycles. The quantitative estimate of drug-likeness (QED) is 0.836. The molecule has 0 saturated carbocycles. The number of hydrogen-bond donors (Lipinski definition) is 1. The average Bonchev–Trinajstić information content (AvgIpc) is 2.30. The van der Waals surface area contributed by atoms with Crippen molar-refractivity contribution in [3.63, 3.8) is 0 Å². The van der Waals surface area contributed by atoms with Gasteiger partial charge in [0.1, 0.15) is 0 Å². The van der Waals surface area contributed by atoms with E-state index >= 15 is 0 Å². The van der Waals surface area contributed by atoms with E-state index in [-0.39, 0.29) is 5.41 Å². The van der Waals surface area contributed by atoms with Crippen LogP contribution < -0.4 is 10.6 Å². The van der Waals surface area contributed by atoms with Gasteiger partial charge in [-0.05, 0) is 32.7 Å². The molecule has 0 bridgehead atoms. The first kappa shape index (κ1) is 13.8. The van der Waals surface area contributed by atoms with Crippen LogP contribution in [0.15, 0.2) is 0 Å². The lowest BCUT2D eigenvalue weighted by Crippen LogP contribution is -2.39. The van der Waals surface area contributed by atoms with E-state index in [1.165, 1.54) is 0 Å². The number of rotatable bonds is 5. The lowest BCUT2D eigenvalue weighted by molar-refractivity contribution is 0.377. The van der Waals surface area contributed by atoms with Crippen LogP contribution in [0.25, 0.3) is 0 Å². The van der Waals surface area contributed by atoms with Gasteiger partial charge in [0.2, 0.25) is 5.95 Å². The van der Waals surface area contributed by atoms with Crippen LogP contribution in [-0.2, 0) is 0 Å². The zero-order chi connectivity index (χ0) is 13.1. The summed E-state index contributed by atoms with van der Waals surface area (Å²) >= 11 is 0. The van der Waals surface area contributed by atoms with Gasteiger partial charge in [0.15, 0.2) is 0 Å². The molecule has 0 radical (unpaired) electrons. The molecule has 17 heavy (non-hydrogen) atoms. The molecule has 0 fully saturated rings. The molecule has 1 aromatic rings. The largest absolute Gasteiger partial charge is 0.339 e. The number of hydrogen-bond acceptors (Lipinski definition) is 5. The summed E-state index contributed by atoms with van der Waals surface area (Å²) in [4.78, 5) is 6.59. The second kappa shape index (κ2) is 5.40. The van der Waals surface area contributed by atoms with Gasteiger partial charge in [0, 0.05) is 13.1 Å². The summed E-state index contributed by atoms with van der Waals surface area (Å²) in [6.07, 6.45) is 0. The Kier molecular flexibility index (Phi) is 4.40. The Morgan fingerprint density at radius 2 is 1.82 bits per heavy atom. The molecule has 0 aliphatic rings. The first-order valence-electron chi connectivity index (χ1n) is 6.02. The molecule has 0 saturated heterocycles. The minimum atomic E-state index is 0.0537. The van der Waals surface area contributed by atoms with Crippen molar-refractivity contribution >= 4 is 5.95 Å². The monoisotopic (exact) mass is 237 g/mol. The fourth-order valence-corrected chi connectivity index (χ4v) is 1.48. The molecule has 1 aromatic heterocycles. The molecule has 0 atom stereocenters. The maximum Gasteiger partial charge on any atom is 0.245 e. The summed E-state index contributed by atoms with van der Waals surface area (Å²) in [5, 5.41) is 8.27. The molecule has 2 N–H and O–H groups in total. The van der Waals surface area contributed by atoms with Crippen LogP contribution in [-0.4, -0.2) is 34.8 Å². The topological polar surface area (TPSA) is 67.9 Å². The van der Waals surface area contributed by atoms with Gasteiger partial charge in [-0.15, -0.1) is 5.10 Å². The van der Waals surface area contributed by atoms with Crippen molar-refractivity contribution in [2.75, 3.05) is 24.5 Å². The summed E-state index contributed by atoms with van der Waals surface area (Å²) in [5.41, 5.74) is 7.62. The van der Waals surface area contributed by atoms with E-state index in [1.807, 2.05) is 13.8 Å². The average molecular weight is 237 g/mol. The van der Waals surface area contributed by atoms with Crippen molar-refractivity contribution in [2.24, 2.45) is 11.1 Å². The van der Waals surface area contributed by atoms with Crippen LogP contribution in [0.5, 0.6) is 0 Å². The Hall–Kier alpha value is -1.23. The third-order valence-electron chi connectivity index (χ3n) is 2.92. The van der Waals surface area contributed by atoms with Gasteiger partial charge in [-0.25, -0.2) is 4.98 Å². The summed E-state index contributed by atoms with van der Waals surface area (Å²) in [7, 11) is 0. The Bertz CT molecular complexity index is 375. The van der Waals surface area contributed by atoms with Crippen LogP contribution in [0.2, 0.25) is 0 Å². The smallest absolute Gasteiger partial charge is 0.245 e.